The van der Waals surface area contributed by atoms with Crippen LogP contribution in [-0.2, 0) is 7.05 Å². The Morgan fingerprint density at radius 1 is 1.22 bits per heavy atom. The minimum atomic E-state index is -0.105. The lowest BCUT2D eigenvalue weighted by molar-refractivity contribution is 0.964. The third-order valence-electron chi connectivity index (χ3n) is 2.66. The topological polar surface area (TPSA) is 108 Å². The van der Waals surface area contributed by atoms with Crippen LogP contribution in [0.4, 0.5) is 5.69 Å². The highest BCUT2D eigenvalue weighted by Gasteiger charge is 2.03. The number of aromatic nitrogens is 1. The van der Waals surface area contributed by atoms with Crippen molar-refractivity contribution in [1.29, 1.82) is 0 Å². The molecule has 0 bridgehead atoms. The lowest BCUT2D eigenvalue weighted by atomic mass is 10.2. The van der Waals surface area contributed by atoms with Gasteiger partial charge in [0.05, 0.1) is 11.2 Å². The predicted octanol–water partition coefficient (Wildman–Crippen LogP) is 0.706. The Bertz CT molecular complexity index is 646. The summed E-state index contributed by atoms with van der Waals surface area (Å²) in [4.78, 5) is 7.81. The number of guanidine groups is 2. The zero-order chi connectivity index (χ0) is 13.3. The fourth-order valence-electron chi connectivity index (χ4n) is 1.93. The molecular formula is C12H16N6. The van der Waals surface area contributed by atoms with Gasteiger partial charge in [-0.2, -0.15) is 4.99 Å². The van der Waals surface area contributed by atoms with Crippen molar-refractivity contribution in [2.24, 2.45) is 34.2 Å². The molecule has 94 valence electrons. The first kappa shape index (κ1) is 12.0. The molecule has 0 spiro atoms. The van der Waals surface area contributed by atoms with Gasteiger partial charge >= 0.3 is 0 Å². The fraction of sp³-hybridized carbons (Fsp3) is 0.167. The van der Waals surface area contributed by atoms with Crippen LogP contribution in [0.2, 0.25) is 0 Å². The second-order valence-electron chi connectivity index (χ2n) is 4.13. The van der Waals surface area contributed by atoms with Gasteiger partial charge in [-0.15, -0.1) is 0 Å². The molecule has 6 heteroatoms. The van der Waals surface area contributed by atoms with Gasteiger partial charge in [0, 0.05) is 18.6 Å². The standard InChI is InChI=1S/C12H16N6/c1-7-6-18(2)10-5-8(3-4-9(7)10)16-12(15)17-11(13)14/h3-6H,1-2H3,(H6,13,14,15,16,17). The SMILES string of the molecule is Cc1cn(C)c2cc(N=C(N)N=C(N)N)ccc12. The van der Waals surface area contributed by atoms with Gasteiger partial charge in [-0.05, 0) is 24.6 Å². The molecule has 1 aromatic carbocycles. The smallest absolute Gasteiger partial charge is 0.223 e. The maximum Gasteiger partial charge on any atom is 0.223 e. The minimum Gasteiger partial charge on any atom is -0.370 e. The number of nitrogens with two attached hydrogens (primary N) is 3. The summed E-state index contributed by atoms with van der Waals surface area (Å²) in [7, 11) is 1.99. The third kappa shape index (κ3) is 2.27. The molecule has 0 saturated heterocycles. The average Bonchev–Trinajstić information content (AvgIpc) is 2.53. The maximum atomic E-state index is 5.59. The lowest BCUT2D eigenvalue weighted by Gasteiger charge is -1.99. The molecule has 0 saturated carbocycles. The van der Waals surface area contributed by atoms with E-state index in [0.29, 0.717) is 5.69 Å². The summed E-state index contributed by atoms with van der Waals surface area (Å²) in [5.41, 5.74) is 19.1. The van der Waals surface area contributed by atoms with E-state index < -0.39 is 0 Å². The average molecular weight is 244 g/mol. The Hall–Kier alpha value is -2.50. The highest BCUT2D eigenvalue weighted by atomic mass is 15.1. The Kier molecular flexibility index (Phi) is 2.93. The van der Waals surface area contributed by atoms with Crippen LogP contribution in [0.5, 0.6) is 0 Å². The normalized spacial score (nSPS) is 11.8. The van der Waals surface area contributed by atoms with E-state index in [-0.39, 0.29) is 11.9 Å². The van der Waals surface area contributed by atoms with Crippen molar-refractivity contribution in [3.8, 4) is 0 Å². The minimum absolute atomic E-state index is 0.0419. The Labute approximate surface area is 105 Å². The summed E-state index contributed by atoms with van der Waals surface area (Å²) in [5, 5.41) is 1.19. The number of fused-ring (bicyclic) bond motifs is 1. The number of rotatable bonds is 1. The molecule has 0 aliphatic heterocycles. The van der Waals surface area contributed by atoms with Gasteiger partial charge < -0.3 is 21.8 Å². The van der Waals surface area contributed by atoms with Crippen LogP contribution in [0, 0.1) is 6.92 Å². The Morgan fingerprint density at radius 3 is 2.61 bits per heavy atom. The van der Waals surface area contributed by atoms with E-state index in [1.165, 1.54) is 10.9 Å². The number of hydrogen-bond donors (Lipinski definition) is 3. The monoisotopic (exact) mass is 244 g/mol. The van der Waals surface area contributed by atoms with E-state index in [1.54, 1.807) is 0 Å². The van der Waals surface area contributed by atoms with E-state index in [9.17, 15) is 0 Å². The summed E-state index contributed by atoms with van der Waals surface area (Å²) >= 11 is 0. The number of benzene rings is 1. The summed E-state index contributed by atoms with van der Waals surface area (Å²) in [5.74, 6) is -0.0627. The first-order valence-electron chi connectivity index (χ1n) is 5.47. The van der Waals surface area contributed by atoms with Crippen LogP contribution < -0.4 is 17.2 Å². The molecule has 0 atom stereocenters. The maximum absolute atomic E-state index is 5.59. The first-order chi connectivity index (χ1) is 8.47. The van der Waals surface area contributed by atoms with Gasteiger partial charge in [-0.3, -0.25) is 0 Å². The molecule has 1 aromatic heterocycles. The summed E-state index contributed by atoms with van der Waals surface area (Å²) in [6.45, 7) is 2.07. The van der Waals surface area contributed by atoms with Crippen molar-refractivity contribution in [2.75, 3.05) is 0 Å². The van der Waals surface area contributed by atoms with Crippen molar-refractivity contribution in [3.63, 3.8) is 0 Å². The number of aryl methyl sites for hydroxylation is 2. The fourth-order valence-corrected chi connectivity index (χ4v) is 1.93. The lowest BCUT2D eigenvalue weighted by Crippen LogP contribution is -2.26. The zero-order valence-corrected chi connectivity index (χ0v) is 10.4. The van der Waals surface area contributed by atoms with E-state index in [1.807, 2.05) is 29.8 Å². The Morgan fingerprint density at radius 2 is 1.94 bits per heavy atom. The largest absolute Gasteiger partial charge is 0.370 e. The molecule has 6 N–H and O–H groups in total. The molecular weight excluding hydrogens is 228 g/mol. The zero-order valence-electron chi connectivity index (χ0n) is 10.4. The highest BCUT2D eigenvalue weighted by Crippen LogP contribution is 2.24. The van der Waals surface area contributed by atoms with Crippen molar-refractivity contribution >= 4 is 28.5 Å². The molecule has 0 aliphatic carbocycles. The van der Waals surface area contributed by atoms with Crippen LogP contribution in [-0.4, -0.2) is 16.5 Å². The molecule has 2 aromatic rings. The molecule has 0 amide bonds. The predicted molar refractivity (Wildman–Crippen MR) is 74.7 cm³/mol. The van der Waals surface area contributed by atoms with Crippen LogP contribution in [0.1, 0.15) is 5.56 Å². The van der Waals surface area contributed by atoms with Crippen LogP contribution in [0.15, 0.2) is 34.4 Å². The van der Waals surface area contributed by atoms with E-state index in [4.69, 9.17) is 17.2 Å². The van der Waals surface area contributed by atoms with Gasteiger partial charge in [0.25, 0.3) is 0 Å². The van der Waals surface area contributed by atoms with Crippen LogP contribution >= 0.6 is 0 Å². The molecule has 6 nitrogen and oxygen atoms in total. The first-order valence-corrected chi connectivity index (χ1v) is 5.47. The van der Waals surface area contributed by atoms with E-state index in [0.717, 1.165) is 5.52 Å². The van der Waals surface area contributed by atoms with Crippen molar-refractivity contribution in [2.45, 2.75) is 6.92 Å². The molecule has 0 aliphatic rings. The molecule has 1 heterocycles. The van der Waals surface area contributed by atoms with E-state index >= 15 is 0 Å². The van der Waals surface area contributed by atoms with Crippen molar-refractivity contribution in [3.05, 3.63) is 30.0 Å². The van der Waals surface area contributed by atoms with Gasteiger partial charge in [0.15, 0.2) is 5.96 Å². The summed E-state index contributed by atoms with van der Waals surface area (Å²) < 4.78 is 2.04. The van der Waals surface area contributed by atoms with E-state index in [2.05, 4.69) is 23.1 Å². The number of nitrogens with zero attached hydrogens (tertiary/aromatic N) is 3. The van der Waals surface area contributed by atoms with Crippen molar-refractivity contribution < 1.29 is 0 Å². The van der Waals surface area contributed by atoms with Crippen LogP contribution in [0.25, 0.3) is 10.9 Å². The van der Waals surface area contributed by atoms with Gasteiger partial charge in [-0.25, -0.2) is 4.99 Å². The van der Waals surface area contributed by atoms with Gasteiger partial charge in [-0.1, -0.05) is 6.07 Å². The van der Waals surface area contributed by atoms with Crippen molar-refractivity contribution in [1.82, 2.24) is 4.57 Å². The molecule has 18 heavy (non-hydrogen) atoms. The second-order valence-corrected chi connectivity index (χ2v) is 4.13. The van der Waals surface area contributed by atoms with Gasteiger partial charge in [0.2, 0.25) is 5.96 Å². The molecule has 0 radical (unpaired) electrons. The summed E-state index contributed by atoms with van der Waals surface area (Å²) in [6, 6.07) is 5.83. The van der Waals surface area contributed by atoms with Crippen LogP contribution in [0.3, 0.4) is 0 Å². The molecule has 0 unspecified atom stereocenters. The number of hydrogen-bond acceptors (Lipinski definition) is 1. The Balaban J connectivity index is 2.48. The summed E-state index contributed by atoms with van der Waals surface area (Å²) in [6.07, 6.45) is 2.07. The number of aliphatic imine (C=N–C) groups is 2. The molecule has 0 fully saturated rings. The quantitative estimate of drug-likeness (QED) is 0.507. The third-order valence-corrected chi connectivity index (χ3v) is 2.66. The molecule has 2 rings (SSSR count). The second kappa shape index (κ2) is 4.40. The van der Waals surface area contributed by atoms with Gasteiger partial charge in [0.1, 0.15) is 0 Å². The highest BCUT2D eigenvalue weighted by molar-refractivity contribution is 5.94.